The number of benzene rings is 1. The first-order chi connectivity index (χ1) is 8.20. The van der Waals surface area contributed by atoms with E-state index in [-0.39, 0.29) is 5.56 Å². The lowest BCUT2D eigenvalue weighted by Crippen LogP contribution is -2.02. The van der Waals surface area contributed by atoms with Gasteiger partial charge in [-0.2, -0.15) is 0 Å². The maximum absolute atomic E-state index is 13.5. The molecule has 88 valence electrons. The standard InChI is InChI=1S/C12H11F2N3/c1-2-15-12-16-6-5-11(17-12)9-4-3-8(13)7-10(9)14/h3-7H,2H2,1H3,(H,15,16,17). The quantitative estimate of drug-likeness (QED) is 0.888. The molecule has 0 fully saturated rings. The third kappa shape index (κ3) is 2.55. The average Bonchev–Trinajstić information content (AvgIpc) is 2.29. The summed E-state index contributed by atoms with van der Waals surface area (Å²) >= 11 is 0. The van der Waals surface area contributed by atoms with Gasteiger partial charge in [0.05, 0.1) is 5.69 Å². The normalized spacial score (nSPS) is 10.3. The molecule has 0 atom stereocenters. The van der Waals surface area contributed by atoms with Crippen LogP contribution in [0.1, 0.15) is 6.92 Å². The summed E-state index contributed by atoms with van der Waals surface area (Å²) in [6.45, 7) is 2.59. The minimum absolute atomic E-state index is 0.257. The summed E-state index contributed by atoms with van der Waals surface area (Å²) < 4.78 is 26.3. The number of anilines is 1. The van der Waals surface area contributed by atoms with Crippen LogP contribution in [0.3, 0.4) is 0 Å². The second-order valence-corrected chi connectivity index (χ2v) is 3.42. The van der Waals surface area contributed by atoms with Crippen LogP contribution in [0.5, 0.6) is 0 Å². The number of hydrogen-bond acceptors (Lipinski definition) is 3. The van der Waals surface area contributed by atoms with Crippen LogP contribution >= 0.6 is 0 Å². The minimum Gasteiger partial charge on any atom is -0.354 e. The largest absolute Gasteiger partial charge is 0.354 e. The summed E-state index contributed by atoms with van der Waals surface area (Å²) in [5, 5.41) is 2.93. The zero-order valence-corrected chi connectivity index (χ0v) is 9.24. The van der Waals surface area contributed by atoms with Crippen molar-refractivity contribution in [3.63, 3.8) is 0 Å². The Morgan fingerprint density at radius 1 is 1.24 bits per heavy atom. The molecule has 1 aromatic carbocycles. The first-order valence-corrected chi connectivity index (χ1v) is 5.23. The van der Waals surface area contributed by atoms with Gasteiger partial charge < -0.3 is 5.32 Å². The van der Waals surface area contributed by atoms with Crippen LogP contribution < -0.4 is 5.32 Å². The summed E-state index contributed by atoms with van der Waals surface area (Å²) in [4.78, 5) is 8.12. The van der Waals surface area contributed by atoms with Crippen LogP contribution in [0.2, 0.25) is 0 Å². The zero-order valence-electron chi connectivity index (χ0n) is 9.24. The van der Waals surface area contributed by atoms with Gasteiger partial charge in [0, 0.05) is 24.4 Å². The first kappa shape index (κ1) is 11.4. The first-order valence-electron chi connectivity index (χ1n) is 5.23. The molecule has 2 rings (SSSR count). The van der Waals surface area contributed by atoms with Gasteiger partial charge in [-0.25, -0.2) is 18.7 Å². The van der Waals surface area contributed by atoms with E-state index in [0.717, 1.165) is 6.07 Å². The van der Waals surface area contributed by atoms with Crippen LogP contribution in [0.4, 0.5) is 14.7 Å². The molecule has 0 saturated carbocycles. The van der Waals surface area contributed by atoms with Gasteiger partial charge in [0.2, 0.25) is 5.95 Å². The van der Waals surface area contributed by atoms with Crippen molar-refractivity contribution < 1.29 is 8.78 Å². The van der Waals surface area contributed by atoms with E-state index in [1.807, 2.05) is 6.92 Å². The van der Waals surface area contributed by atoms with E-state index >= 15 is 0 Å². The summed E-state index contributed by atoms with van der Waals surface area (Å²) in [6, 6.07) is 4.98. The van der Waals surface area contributed by atoms with Gasteiger partial charge in [-0.1, -0.05) is 0 Å². The van der Waals surface area contributed by atoms with Gasteiger partial charge in [0.1, 0.15) is 11.6 Å². The number of halogens is 2. The maximum Gasteiger partial charge on any atom is 0.223 e. The fourth-order valence-corrected chi connectivity index (χ4v) is 1.45. The Morgan fingerprint density at radius 3 is 2.76 bits per heavy atom. The molecule has 0 amide bonds. The highest BCUT2D eigenvalue weighted by Gasteiger charge is 2.08. The van der Waals surface area contributed by atoms with E-state index in [9.17, 15) is 8.78 Å². The zero-order chi connectivity index (χ0) is 12.3. The number of nitrogens with zero attached hydrogens (tertiary/aromatic N) is 2. The molecule has 5 heteroatoms. The van der Waals surface area contributed by atoms with E-state index in [2.05, 4.69) is 15.3 Å². The molecular weight excluding hydrogens is 224 g/mol. The molecule has 2 aromatic rings. The van der Waals surface area contributed by atoms with Gasteiger partial charge >= 0.3 is 0 Å². The molecule has 17 heavy (non-hydrogen) atoms. The van der Waals surface area contributed by atoms with E-state index in [1.54, 1.807) is 6.07 Å². The molecule has 0 spiro atoms. The van der Waals surface area contributed by atoms with E-state index < -0.39 is 11.6 Å². The smallest absolute Gasteiger partial charge is 0.223 e. The van der Waals surface area contributed by atoms with Crippen LogP contribution in [0, 0.1) is 11.6 Å². The fraction of sp³-hybridized carbons (Fsp3) is 0.167. The van der Waals surface area contributed by atoms with E-state index in [0.29, 0.717) is 18.2 Å². The predicted molar refractivity (Wildman–Crippen MR) is 61.5 cm³/mol. The highest BCUT2D eigenvalue weighted by Crippen LogP contribution is 2.21. The van der Waals surface area contributed by atoms with Gasteiger partial charge in [0.25, 0.3) is 0 Å². The Bertz CT molecular complexity index is 529. The average molecular weight is 235 g/mol. The Labute approximate surface area is 97.5 Å². The second kappa shape index (κ2) is 4.86. The minimum atomic E-state index is -0.633. The van der Waals surface area contributed by atoms with Crippen LogP contribution in [-0.2, 0) is 0 Å². The van der Waals surface area contributed by atoms with Crippen molar-refractivity contribution in [1.29, 1.82) is 0 Å². The van der Waals surface area contributed by atoms with Crippen LogP contribution in [-0.4, -0.2) is 16.5 Å². The van der Waals surface area contributed by atoms with Gasteiger partial charge in [-0.05, 0) is 25.1 Å². The van der Waals surface area contributed by atoms with E-state index in [1.165, 1.54) is 18.3 Å². The maximum atomic E-state index is 13.5. The summed E-state index contributed by atoms with van der Waals surface area (Å²) in [6.07, 6.45) is 1.53. The predicted octanol–water partition coefficient (Wildman–Crippen LogP) is 2.85. The van der Waals surface area contributed by atoms with Crippen molar-refractivity contribution in [2.24, 2.45) is 0 Å². The highest BCUT2D eigenvalue weighted by molar-refractivity contribution is 5.60. The summed E-state index contributed by atoms with van der Waals surface area (Å²) in [7, 11) is 0. The molecule has 1 N–H and O–H groups in total. The topological polar surface area (TPSA) is 37.8 Å². The van der Waals surface area contributed by atoms with Crippen molar-refractivity contribution in [2.45, 2.75) is 6.92 Å². The Hall–Kier alpha value is -2.04. The van der Waals surface area contributed by atoms with Gasteiger partial charge in [-0.3, -0.25) is 0 Å². The molecule has 0 aliphatic rings. The Kier molecular flexibility index (Phi) is 3.27. The fourth-order valence-electron chi connectivity index (χ4n) is 1.45. The second-order valence-electron chi connectivity index (χ2n) is 3.42. The molecule has 1 aromatic heterocycles. The summed E-state index contributed by atoms with van der Waals surface area (Å²) in [5.41, 5.74) is 0.682. The van der Waals surface area contributed by atoms with Crippen molar-refractivity contribution >= 4 is 5.95 Å². The number of rotatable bonds is 3. The molecular formula is C12H11F2N3. The molecule has 0 unspecified atom stereocenters. The van der Waals surface area contributed by atoms with E-state index in [4.69, 9.17) is 0 Å². The van der Waals surface area contributed by atoms with Crippen LogP contribution in [0.25, 0.3) is 11.3 Å². The molecule has 0 aliphatic carbocycles. The van der Waals surface area contributed by atoms with Gasteiger partial charge in [0.15, 0.2) is 0 Å². The van der Waals surface area contributed by atoms with Crippen molar-refractivity contribution in [1.82, 2.24) is 9.97 Å². The van der Waals surface area contributed by atoms with Gasteiger partial charge in [-0.15, -0.1) is 0 Å². The lowest BCUT2D eigenvalue weighted by atomic mass is 10.1. The molecule has 0 aliphatic heterocycles. The molecule has 0 radical (unpaired) electrons. The monoisotopic (exact) mass is 235 g/mol. The molecule has 0 saturated heterocycles. The Morgan fingerprint density at radius 2 is 2.06 bits per heavy atom. The third-order valence-corrected chi connectivity index (χ3v) is 2.20. The lowest BCUT2D eigenvalue weighted by Gasteiger charge is -2.05. The molecule has 1 heterocycles. The SMILES string of the molecule is CCNc1nccc(-c2ccc(F)cc2F)n1. The van der Waals surface area contributed by atoms with Crippen molar-refractivity contribution in [3.05, 3.63) is 42.1 Å². The lowest BCUT2D eigenvalue weighted by molar-refractivity contribution is 0.585. The Balaban J connectivity index is 2.42. The number of hydrogen-bond donors (Lipinski definition) is 1. The van der Waals surface area contributed by atoms with Crippen molar-refractivity contribution in [3.8, 4) is 11.3 Å². The van der Waals surface area contributed by atoms with Crippen molar-refractivity contribution in [2.75, 3.05) is 11.9 Å². The molecule has 0 bridgehead atoms. The summed E-state index contributed by atoms with van der Waals surface area (Å²) in [5.74, 6) is -0.813. The number of nitrogens with one attached hydrogen (secondary N) is 1. The highest BCUT2D eigenvalue weighted by atomic mass is 19.1. The van der Waals surface area contributed by atoms with Crippen LogP contribution in [0.15, 0.2) is 30.5 Å². The third-order valence-electron chi connectivity index (χ3n) is 2.20. The molecule has 3 nitrogen and oxygen atoms in total. The number of aromatic nitrogens is 2.